The first-order valence-electron chi connectivity index (χ1n) is 18.7. The fourth-order valence-corrected chi connectivity index (χ4v) is 7.66. The number of amides is 4. The zero-order valence-corrected chi connectivity index (χ0v) is 31.6. The third-order valence-corrected chi connectivity index (χ3v) is 10.2. The maximum Gasteiger partial charge on any atom is 0.410 e. The number of hydrogen-bond donors (Lipinski definition) is 1. The zero-order chi connectivity index (χ0) is 37.4. The van der Waals surface area contributed by atoms with Gasteiger partial charge in [-0.15, -0.1) is 0 Å². The number of likely N-dealkylation sites (tertiary alicyclic amines) is 1. The number of nitrogens with zero attached hydrogens (tertiary/aromatic N) is 3. The standard InChI is InChI=1S/C40H54N4O8/c1-8-50-33-21-25-12-9-10-13-30(25)34(33)41-35(45)26-20-27(24-42(23-26)38(48)52-39(2,3)4)36(46)44(28-14-15-28)29-16-17-32-31(22-29)43(18-11-19-49-7)37(47)40(5,6)51-32/h9-10,12-13,16-17,22,26-28,33-34H,8,11,14-15,18-21,23-24H2,1-7H3,(H,41,45)/t26-,27+,33-,34-/m0/s1. The molecule has 1 saturated carbocycles. The average Bonchev–Trinajstić information content (AvgIpc) is 3.87. The maximum absolute atomic E-state index is 14.7. The lowest BCUT2D eigenvalue weighted by Crippen LogP contribution is -2.54. The molecule has 1 saturated heterocycles. The summed E-state index contributed by atoms with van der Waals surface area (Å²) in [6.07, 6.45) is 2.49. The van der Waals surface area contributed by atoms with Crippen molar-refractivity contribution in [3.8, 4) is 5.75 Å². The van der Waals surface area contributed by atoms with Crippen LogP contribution in [-0.2, 0) is 35.0 Å². The van der Waals surface area contributed by atoms with E-state index in [1.807, 2.05) is 43.3 Å². The molecular formula is C40H54N4O8. The molecule has 1 N–H and O–H groups in total. The predicted octanol–water partition coefficient (Wildman–Crippen LogP) is 5.41. The van der Waals surface area contributed by atoms with Crippen LogP contribution in [0.2, 0.25) is 0 Å². The van der Waals surface area contributed by atoms with Gasteiger partial charge >= 0.3 is 6.09 Å². The molecule has 0 radical (unpaired) electrons. The van der Waals surface area contributed by atoms with Gasteiger partial charge in [-0.25, -0.2) is 4.79 Å². The number of carbonyl (C=O) groups excluding carboxylic acids is 4. The first kappa shape index (κ1) is 37.6. The molecule has 2 aromatic rings. The Kier molecular flexibility index (Phi) is 10.9. The van der Waals surface area contributed by atoms with Crippen LogP contribution in [0.15, 0.2) is 42.5 Å². The average molecular weight is 719 g/mol. The lowest BCUT2D eigenvalue weighted by Gasteiger charge is -2.40. The van der Waals surface area contributed by atoms with Crippen LogP contribution >= 0.6 is 0 Å². The summed E-state index contributed by atoms with van der Waals surface area (Å²) in [6, 6.07) is 13.2. The van der Waals surface area contributed by atoms with Crippen molar-refractivity contribution >= 4 is 35.2 Å². The first-order valence-corrected chi connectivity index (χ1v) is 18.7. The Morgan fingerprint density at radius 3 is 2.48 bits per heavy atom. The van der Waals surface area contributed by atoms with Crippen LogP contribution in [0.1, 0.15) is 84.4 Å². The molecule has 4 atom stereocenters. The highest BCUT2D eigenvalue weighted by Gasteiger charge is 2.46. The Labute approximate surface area is 307 Å². The largest absolute Gasteiger partial charge is 0.476 e. The summed E-state index contributed by atoms with van der Waals surface area (Å²) in [6.45, 7) is 12.5. The van der Waals surface area contributed by atoms with Crippen LogP contribution in [0.25, 0.3) is 0 Å². The molecule has 52 heavy (non-hydrogen) atoms. The molecule has 0 spiro atoms. The summed E-state index contributed by atoms with van der Waals surface area (Å²) >= 11 is 0. The van der Waals surface area contributed by atoms with E-state index in [0.29, 0.717) is 49.7 Å². The number of methoxy groups -OCH3 is 1. The van der Waals surface area contributed by atoms with Crippen LogP contribution in [0.5, 0.6) is 5.75 Å². The van der Waals surface area contributed by atoms with E-state index >= 15 is 0 Å². The van der Waals surface area contributed by atoms with Crippen molar-refractivity contribution < 1.29 is 38.1 Å². The normalized spacial score (nSPS) is 23.7. The minimum Gasteiger partial charge on any atom is -0.476 e. The molecule has 0 bridgehead atoms. The summed E-state index contributed by atoms with van der Waals surface area (Å²) in [4.78, 5) is 61.0. The Bertz CT molecular complexity index is 1670. The number of nitrogens with one attached hydrogen (secondary N) is 1. The number of rotatable bonds is 11. The number of piperidine rings is 1. The van der Waals surface area contributed by atoms with E-state index in [-0.39, 0.29) is 55.4 Å². The molecule has 12 nitrogen and oxygen atoms in total. The van der Waals surface area contributed by atoms with Gasteiger partial charge in [0.05, 0.1) is 29.7 Å². The monoisotopic (exact) mass is 718 g/mol. The number of ether oxygens (including phenoxy) is 4. The zero-order valence-electron chi connectivity index (χ0n) is 31.6. The van der Waals surface area contributed by atoms with E-state index in [0.717, 1.165) is 24.0 Å². The SMILES string of the molecule is CCO[C@H]1Cc2ccccc2[C@@H]1NC(=O)[C@H]1C[C@@H](C(=O)N(c2ccc3c(c2)N(CCCOC)C(=O)C(C)(C)O3)C2CC2)CN(C(=O)OC(C)(C)C)C1. The molecule has 2 fully saturated rings. The predicted molar refractivity (Wildman–Crippen MR) is 196 cm³/mol. The molecule has 2 aromatic carbocycles. The van der Waals surface area contributed by atoms with Gasteiger partial charge in [0.25, 0.3) is 5.91 Å². The second kappa shape index (κ2) is 15.1. The molecule has 2 aliphatic carbocycles. The van der Waals surface area contributed by atoms with Crippen LogP contribution in [0.4, 0.5) is 16.2 Å². The fourth-order valence-electron chi connectivity index (χ4n) is 7.66. The van der Waals surface area contributed by atoms with Crippen LogP contribution in [0.3, 0.4) is 0 Å². The van der Waals surface area contributed by atoms with E-state index in [9.17, 15) is 19.2 Å². The van der Waals surface area contributed by atoms with Gasteiger partial charge < -0.3 is 39.0 Å². The highest BCUT2D eigenvalue weighted by molar-refractivity contribution is 6.04. The lowest BCUT2D eigenvalue weighted by atomic mass is 9.87. The number of hydrogen-bond acceptors (Lipinski definition) is 8. The van der Waals surface area contributed by atoms with Crippen molar-refractivity contribution in [3.05, 3.63) is 53.6 Å². The minimum absolute atomic E-state index is 0.0322. The number of fused-ring (bicyclic) bond motifs is 2. The van der Waals surface area contributed by atoms with Crippen molar-refractivity contribution in [2.45, 2.75) is 103 Å². The van der Waals surface area contributed by atoms with Crippen molar-refractivity contribution in [2.75, 3.05) is 49.8 Å². The van der Waals surface area contributed by atoms with Gasteiger partial charge in [-0.2, -0.15) is 0 Å². The molecule has 0 unspecified atom stereocenters. The Hall–Kier alpha value is -4.16. The van der Waals surface area contributed by atoms with Crippen molar-refractivity contribution in [3.63, 3.8) is 0 Å². The number of anilines is 2. The van der Waals surface area contributed by atoms with Crippen LogP contribution in [-0.4, -0.2) is 92.0 Å². The van der Waals surface area contributed by atoms with Gasteiger partial charge in [0.15, 0.2) is 5.60 Å². The quantitative estimate of drug-likeness (QED) is 0.306. The lowest BCUT2D eigenvalue weighted by molar-refractivity contribution is -0.133. The van der Waals surface area contributed by atoms with Gasteiger partial charge in [0.1, 0.15) is 11.4 Å². The molecule has 2 heterocycles. The summed E-state index contributed by atoms with van der Waals surface area (Å²) in [5.41, 5.74) is 1.62. The molecular weight excluding hydrogens is 664 g/mol. The molecule has 0 aromatic heterocycles. The third kappa shape index (κ3) is 8.07. The highest BCUT2D eigenvalue weighted by Crippen LogP contribution is 2.43. The van der Waals surface area contributed by atoms with Crippen molar-refractivity contribution in [1.29, 1.82) is 0 Å². The molecule has 6 rings (SSSR count). The van der Waals surface area contributed by atoms with E-state index in [1.54, 1.807) is 51.5 Å². The van der Waals surface area contributed by atoms with Gasteiger partial charge in [-0.05, 0) is 96.6 Å². The maximum atomic E-state index is 14.7. The van der Waals surface area contributed by atoms with Crippen molar-refractivity contribution in [2.24, 2.45) is 11.8 Å². The van der Waals surface area contributed by atoms with Crippen molar-refractivity contribution in [1.82, 2.24) is 10.2 Å². The Balaban J connectivity index is 1.28. The molecule has 4 aliphatic rings. The fraction of sp³-hybridized carbons (Fsp3) is 0.600. The first-order chi connectivity index (χ1) is 24.7. The minimum atomic E-state index is -1.04. The summed E-state index contributed by atoms with van der Waals surface area (Å²) in [7, 11) is 1.63. The van der Waals surface area contributed by atoms with E-state index in [2.05, 4.69) is 11.4 Å². The number of benzene rings is 2. The molecule has 4 amide bonds. The number of carbonyl (C=O) groups is 4. The van der Waals surface area contributed by atoms with Gasteiger partial charge in [-0.1, -0.05) is 24.3 Å². The third-order valence-electron chi connectivity index (χ3n) is 10.2. The molecule has 12 heteroatoms. The molecule has 2 aliphatic heterocycles. The van der Waals surface area contributed by atoms with Gasteiger partial charge in [-0.3, -0.25) is 14.4 Å². The van der Waals surface area contributed by atoms with E-state index in [1.165, 1.54) is 4.90 Å². The van der Waals surface area contributed by atoms with E-state index < -0.39 is 29.1 Å². The van der Waals surface area contributed by atoms with Gasteiger partial charge in [0.2, 0.25) is 11.8 Å². The Morgan fingerprint density at radius 1 is 1.06 bits per heavy atom. The Morgan fingerprint density at radius 2 is 1.79 bits per heavy atom. The summed E-state index contributed by atoms with van der Waals surface area (Å²) < 4.78 is 23.2. The summed E-state index contributed by atoms with van der Waals surface area (Å²) in [5, 5.41) is 3.25. The second-order valence-electron chi connectivity index (χ2n) is 15.9. The van der Waals surface area contributed by atoms with Crippen LogP contribution < -0.4 is 19.9 Å². The topological polar surface area (TPSA) is 127 Å². The van der Waals surface area contributed by atoms with E-state index in [4.69, 9.17) is 18.9 Å². The highest BCUT2D eigenvalue weighted by atomic mass is 16.6. The summed E-state index contributed by atoms with van der Waals surface area (Å²) in [5.74, 6) is -1.31. The van der Waals surface area contributed by atoms with Gasteiger partial charge in [0, 0.05) is 58.1 Å². The smallest absolute Gasteiger partial charge is 0.410 e. The van der Waals surface area contributed by atoms with Crippen LogP contribution in [0, 0.1) is 11.8 Å². The molecule has 282 valence electrons. The second-order valence-corrected chi connectivity index (χ2v) is 15.9.